The summed E-state index contributed by atoms with van der Waals surface area (Å²) in [5.41, 5.74) is 1.28. The third-order valence-electron chi connectivity index (χ3n) is 3.64. The summed E-state index contributed by atoms with van der Waals surface area (Å²) < 4.78 is 1.67. The van der Waals surface area contributed by atoms with Gasteiger partial charge in [0.1, 0.15) is 5.15 Å². The summed E-state index contributed by atoms with van der Waals surface area (Å²) in [5, 5.41) is 7.93. The van der Waals surface area contributed by atoms with E-state index in [0.717, 1.165) is 26.1 Å². The van der Waals surface area contributed by atoms with E-state index >= 15 is 0 Å². The number of carbonyl (C=O) groups excluding carboxylic acids is 1. The smallest absolute Gasteiger partial charge is 0.258 e. The Labute approximate surface area is 118 Å². The first kappa shape index (κ1) is 14.3. The van der Waals surface area contributed by atoms with Crippen LogP contribution in [0.1, 0.15) is 29.4 Å². The second-order valence-corrected chi connectivity index (χ2v) is 5.39. The van der Waals surface area contributed by atoms with Crippen molar-refractivity contribution >= 4 is 17.5 Å². The van der Waals surface area contributed by atoms with Crippen LogP contribution in [0.25, 0.3) is 0 Å². The Bertz CT molecular complexity index is 471. The summed E-state index contributed by atoms with van der Waals surface area (Å²) in [6.45, 7) is 7.03. The number of amides is 1. The van der Waals surface area contributed by atoms with Crippen LogP contribution in [0.4, 0.5) is 0 Å². The van der Waals surface area contributed by atoms with Crippen LogP contribution in [0.2, 0.25) is 5.15 Å². The first-order valence-electron chi connectivity index (χ1n) is 6.75. The van der Waals surface area contributed by atoms with E-state index in [0.29, 0.717) is 28.9 Å². The summed E-state index contributed by atoms with van der Waals surface area (Å²) in [7, 11) is 1.94. The van der Waals surface area contributed by atoms with Crippen molar-refractivity contribution in [2.45, 2.75) is 26.8 Å². The average molecular weight is 285 g/mol. The monoisotopic (exact) mass is 284 g/mol. The van der Waals surface area contributed by atoms with E-state index in [-0.39, 0.29) is 5.91 Å². The molecule has 0 aromatic carbocycles. The van der Waals surface area contributed by atoms with Gasteiger partial charge in [-0.05, 0) is 39.8 Å². The fraction of sp³-hybridized carbons (Fsp3) is 0.692. The van der Waals surface area contributed by atoms with Crippen LogP contribution in [-0.4, -0.2) is 47.3 Å². The third kappa shape index (κ3) is 2.77. The van der Waals surface area contributed by atoms with Crippen LogP contribution in [0.3, 0.4) is 0 Å². The molecule has 1 fully saturated rings. The van der Waals surface area contributed by atoms with Gasteiger partial charge in [0.2, 0.25) is 0 Å². The Kier molecular flexibility index (Phi) is 4.47. The van der Waals surface area contributed by atoms with Gasteiger partial charge in [-0.1, -0.05) is 11.6 Å². The highest BCUT2D eigenvalue weighted by Crippen LogP contribution is 2.24. The van der Waals surface area contributed by atoms with Crippen molar-refractivity contribution in [1.82, 2.24) is 20.0 Å². The number of carbonyl (C=O) groups is 1. The normalized spacial score (nSPS) is 19.2. The van der Waals surface area contributed by atoms with Gasteiger partial charge in [0.05, 0.1) is 11.3 Å². The minimum absolute atomic E-state index is 0.0146. The van der Waals surface area contributed by atoms with Gasteiger partial charge in [-0.25, -0.2) is 0 Å². The molecule has 0 radical (unpaired) electrons. The van der Waals surface area contributed by atoms with E-state index < -0.39 is 0 Å². The molecule has 1 aliphatic rings. The van der Waals surface area contributed by atoms with Crippen molar-refractivity contribution in [2.24, 2.45) is 5.92 Å². The molecule has 1 amide bonds. The lowest BCUT2D eigenvalue weighted by molar-refractivity contribution is 0.0786. The molecule has 0 aliphatic carbocycles. The van der Waals surface area contributed by atoms with E-state index in [1.165, 1.54) is 0 Å². The summed E-state index contributed by atoms with van der Waals surface area (Å²) in [4.78, 5) is 14.4. The topological polar surface area (TPSA) is 50.2 Å². The quantitative estimate of drug-likeness (QED) is 0.913. The van der Waals surface area contributed by atoms with E-state index in [4.69, 9.17) is 11.6 Å². The van der Waals surface area contributed by atoms with Crippen molar-refractivity contribution in [3.8, 4) is 0 Å². The standard InChI is InChI=1S/C13H21ClN4O/c1-4-18-12(14)11(9(2)16-18)13(19)17-6-5-10(8-17)7-15-3/h10,15H,4-8H2,1-3H3. The van der Waals surface area contributed by atoms with Gasteiger partial charge in [0.15, 0.2) is 0 Å². The molecule has 0 bridgehead atoms. The van der Waals surface area contributed by atoms with Crippen LogP contribution >= 0.6 is 11.6 Å². The van der Waals surface area contributed by atoms with Crippen LogP contribution in [0, 0.1) is 12.8 Å². The molecular formula is C13H21ClN4O. The third-order valence-corrected chi connectivity index (χ3v) is 4.03. The minimum Gasteiger partial charge on any atom is -0.338 e. The summed E-state index contributed by atoms with van der Waals surface area (Å²) in [6.07, 6.45) is 1.05. The summed E-state index contributed by atoms with van der Waals surface area (Å²) in [5.74, 6) is 0.551. The number of aryl methyl sites for hydroxylation is 2. The molecule has 1 N–H and O–H groups in total. The van der Waals surface area contributed by atoms with Crippen LogP contribution in [0.15, 0.2) is 0 Å². The molecule has 1 atom stereocenters. The van der Waals surface area contributed by atoms with Gasteiger partial charge < -0.3 is 10.2 Å². The highest BCUT2D eigenvalue weighted by molar-refractivity contribution is 6.33. The first-order valence-corrected chi connectivity index (χ1v) is 7.13. The lowest BCUT2D eigenvalue weighted by atomic mass is 10.1. The molecule has 5 nitrogen and oxygen atoms in total. The van der Waals surface area contributed by atoms with Gasteiger partial charge in [-0.2, -0.15) is 5.10 Å². The predicted molar refractivity (Wildman–Crippen MR) is 75.6 cm³/mol. The van der Waals surface area contributed by atoms with Crippen molar-refractivity contribution in [2.75, 3.05) is 26.7 Å². The van der Waals surface area contributed by atoms with E-state index in [9.17, 15) is 4.79 Å². The molecule has 1 unspecified atom stereocenters. The minimum atomic E-state index is 0.0146. The molecule has 2 heterocycles. The Morgan fingerprint density at radius 3 is 2.89 bits per heavy atom. The maximum absolute atomic E-state index is 12.5. The molecule has 19 heavy (non-hydrogen) atoms. The number of nitrogens with one attached hydrogen (secondary N) is 1. The first-order chi connectivity index (χ1) is 9.08. The molecule has 6 heteroatoms. The van der Waals surface area contributed by atoms with E-state index in [1.807, 2.05) is 25.8 Å². The Hall–Kier alpha value is -1.07. The number of rotatable bonds is 4. The highest BCUT2D eigenvalue weighted by atomic mass is 35.5. The fourth-order valence-electron chi connectivity index (χ4n) is 2.64. The van der Waals surface area contributed by atoms with Gasteiger partial charge in [0, 0.05) is 19.6 Å². The largest absolute Gasteiger partial charge is 0.338 e. The number of hydrogen-bond acceptors (Lipinski definition) is 3. The van der Waals surface area contributed by atoms with Gasteiger partial charge in [-0.15, -0.1) is 0 Å². The molecule has 0 spiro atoms. The maximum Gasteiger partial charge on any atom is 0.258 e. The number of nitrogens with zero attached hydrogens (tertiary/aromatic N) is 3. The number of hydrogen-bond donors (Lipinski definition) is 1. The number of aromatic nitrogens is 2. The summed E-state index contributed by atoms with van der Waals surface area (Å²) in [6, 6.07) is 0. The lowest BCUT2D eigenvalue weighted by Gasteiger charge is -2.16. The van der Waals surface area contributed by atoms with Gasteiger partial charge >= 0.3 is 0 Å². The Balaban J connectivity index is 2.15. The highest BCUT2D eigenvalue weighted by Gasteiger charge is 2.30. The molecule has 1 saturated heterocycles. The van der Waals surface area contributed by atoms with Crippen molar-refractivity contribution in [3.05, 3.63) is 16.4 Å². The van der Waals surface area contributed by atoms with Crippen molar-refractivity contribution in [3.63, 3.8) is 0 Å². The van der Waals surface area contributed by atoms with Crippen molar-refractivity contribution < 1.29 is 4.79 Å². The molecular weight excluding hydrogens is 264 g/mol. The molecule has 2 rings (SSSR count). The molecule has 1 aromatic heterocycles. The van der Waals surface area contributed by atoms with Gasteiger partial charge in [-0.3, -0.25) is 9.48 Å². The fourth-order valence-corrected chi connectivity index (χ4v) is 3.01. The second-order valence-electron chi connectivity index (χ2n) is 5.03. The number of halogens is 1. The van der Waals surface area contributed by atoms with E-state index in [1.54, 1.807) is 4.68 Å². The zero-order chi connectivity index (χ0) is 14.0. The van der Waals surface area contributed by atoms with Crippen LogP contribution < -0.4 is 5.32 Å². The van der Waals surface area contributed by atoms with Gasteiger partial charge in [0.25, 0.3) is 5.91 Å². The Morgan fingerprint density at radius 2 is 2.32 bits per heavy atom. The maximum atomic E-state index is 12.5. The predicted octanol–water partition coefficient (Wildman–Crippen LogP) is 1.55. The molecule has 1 aliphatic heterocycles. The molecule has 0 saturated carbocycles. The van der Waals surface area contributed by atoms with Crippen molar-refractivity contribution in [1.29, 1.82) is 0 Å². The zero-order valence-corrected chi connectivity index (χ0v) is 12.5. The van der Waals surface area contributed by atoms with Crippen LogP contribution in [0.5, 0.6) is 0 Å². The zero-order valence-electron chi connectivity index (χ0n) is 11.7. The second kappa shape index (κ2) is 5.92. The lowest BCUT2D eigenvalue weighted by Crippen LogP contribution is -2.30. The number of likely N-dealkylation sites (tertiary alicyclic amines) is 1. The SMILES string of the molecule is CCn1nc(C)c(C(=O)N2CCC(CNC)C2)c1Cl. The average Bonchev–Trinajstić information content (AvgIpc) is 2.94. The molecule has 1 aromatic rings. The van der Waals surface area contributed by atoms with Crippen LogP contribution in [-0.2, 0) is 6.54 Å². The molecule has 106 valence electrons. The Morgan fingerprint density at radius 1 is 1.58 bits per heavy atom. The summed E-state index contributed by atoms with van der Waals surface area (Å²) >= 11 is 6.24. The van der Waals surface area contributed by atoms with E-state index in [2.05, 4.69) is 10.4 Å².